The van der Waals surface area contributed by atoms with Crippen LogP contribution in [0.4, 0.5) is 0 Å². The molecule has 11 nitrogen and oxygen atoms in total. The van der Waals surface area contributed by atoms with Crippen LogP contribution < -0.4 is 5.56 Å². The van der Waals surface area contributed by atoms with Crippen molar-refractivity contribution < 1.29 is 4.79 Å². The first kappa shape index (κ1) is 20.4. The molecule has 164 valence electrons. The van der Waals surface area contributed by atoms with Gasteiger partial charge in [-0.2, -0.15) is 0 Å². The van der Waals surface area contributed by atoms with E-state index in [9.17, 15) is 9.59 Å². The summed E-state index contributed by atoms with van der Waals surface area (Å²) in [5, 5.41) is 5.21. The third-order valence-electron chi connectivity index (χ3n) is 5.43. The molecule has 2 N–H and O–H groups in total. The van der Waals surface area contributed by atoms with Crippen LogP contribution in [-0.2, 0) is 6.42 Å². The summed E-state index contributed by atoms with van der Waals surface area (Å²) in [6.07, 6.45) is 16.3. The Hall–Kier alpha value is -4.54. The molecule has 0 bridgehead atoms. The molecule has 0 spiro atoms. The number of allylic oxidation sites excluding steroid dienone is 1. The largest absolute Gasteiger partial charge is 0.305 e. The molecule has 0 amide bonds. The molecular formula is C22H19N9O2. The van der Waals surface area contributed by atoms with E-state index < -0.39 is 5.54 Å². The highest BCUT2D eigenvalue weighted by Gasteiger charge is 2.38. The number of aromatic amines is 2. The van der Waals surface area contributed by atoms with E-state index >= 15 is 0 Å². The normalized spacial score (nSPS) is 17.6. The Bertz CT molecular complexity index is 1420. The fourth-order valence-corrected chi connectivity index (χ4v) is 3.99. The number of aliphatic imine (C=N–C) groups is 1. The minimum atomic E-state index is -0.952. The van der Waals surface area contributed by atoms with Gasteiger partial charge in [-0.3, -0.25) is 44.2 Å². The van der Waals surface area contributed by atoms with Gasteiger partial charge < -0.3 is 5.10 Å². The quantitative estimate of drug-likeness (QED) is 0.463. The summed E-state index contributed by atoms with van der Waals surface area (Å²) in [5.41, 5.74) is 2.29. The van der Waals surface area contributed by atoms with Gasteiger partial charge in [0, 0.05) is 61.1 Å². The number of carbonyl (C=O) groups is 1. The lowest BCUT2D eigenvalue weighted by atomic mass is 9.88. The summed E-state index contributed by atoms with van der Waals surface area (Å²) in [5.74, 6) is -0.175. The van der Waals surface area contributed by atoms with Gasteiger partial charge >= 0.3 is 0 Å². The van der Waals surface area contributed by atoms with E-state index in [1.807, 2.05) is 13.0 Å². The lowest BCUT2D eigenvalue weighted by Crippen LogP contribution is -2.32. The topological polar surface area (TPSA) is 147 Å². The Morgan fingerprint density at radius 2 is 1.94 bits per heavy atom. The zero-order valence-electron chi connectivity index (χ0n) is 17.6. The summed E-state index contributed by atoms with van der Waals surface area (Å²) in [6, 6.07) is 0. The van der Waals surface area contributed by atoms with Gasteiger partial charge in [0.25, 0.3) is 5.56 Å². The van der Waals surface area contributed by atoms with E-state index in [0.717, 1.165) is 11.3 Å². The summed E-state index contributed by atoms with van der Waals surface area (Å²) in [6.45, 7) is 1.87. The minimum Gasteiger partial charge on any atom is -0.305 e. The van der Waals surface area contributed by atoms with Crippen molar-refractivity contribution >= 4 is 17.2 Å². The highest BCUT2D eigenvalue weighted by atomic mass is 16.2. The van der Waals surface area contributed by atoms with Gasteiger partial charge in [-0.25, -0.2) is 4.98 Å². The molecule has 1 aliphatic rings. The standard InChI is InChI=1S/C22H19N9O2/c1-14-15(18-12-23-2-3-26-18)8-22(29-14,10-19(32)31-7-6-24-13-31)9-17-20(27-5-4-25-17)16-11-28-30-21(16)33/h2-8,11-13H,9-10H2,1H3,(H2,28,30,33). The van der Waals surface area contributed by atoms with Gasteiger partial charge in [-0.15, -0.1) is 0 Å². The highest BCUT2D eigenvalue weighted by molar-refractivity contribution is 6.24. The maximum absolute atomic E-state index is 13.1. The van der Waals surface area contributed by atoms with Gasteiger partial charge in [0.2, 0.25) is 5.91 Å². The van der Waals surface area contributed by atoms with Crippen molar-refractivity contribution in [2.75, 3.05) is 0 Å². The summed E-state index contributed by atoms with van der Waals surface area (Å²) in [7, 11) is 0. The predicted molar refractivity (Wildman–Crippen MR) is 119 cm³/mol. The van der Waals surface area contributed by atoms with E-state index in [4.69, 9.17) is 4.99 Å². The molecule has 1 atom stereocenters. The van der Waals surface area contributed by atoms with E-state index in [0.29, 0.717) is 22.6 Å². The van der Waals surface area contributed by atoms with Crippen molar-refractivity contribution in [2.45, 2.75) is 25.3 Å². The second-order valence-electron chi connectivity index (χ2n) is 7.67. The third-order valence-corrected chi connectivity index (χ3v) is 5.43. The first-order chi connectivity index (χ1) is 16.0. The van der Waals surface area contributed by atoms with Crippen LogP contribution in [0.25, 0.3) is 16.8 Å². The molecule has 0 saturated carbocycles. The van der Waals surface area contributed by atoms with Gasteiger partial charge in [0.1, 0.15) is 6.33 Å². The van der Waals surface area contributed by atoms with Crippen LogP contribution in [0.5, 0.6) is 0 Å². The third kappa shape index (κ3) is 3.91. The molecule has 11 heteroatoms. The molecule has 0 saturated heterocycles. The molecule has 0 radical (unpaired) electrons. The molecule has 0 aliphatic carbocycles. The van der Waals surface area contributed by atoms with Gasteiger partial charge in [-0.1, -0.05) is 0 Å². The number of imidazole rings is 1. The molecule has 0 fully saturated rings. The average molecular weight is 441 g/mol. The summed E-state index contributed by atoms with van der Waals surface area (Å²) >= 11 is 0. The molecule has 1 unspecified atom stereocenters. The average Bonchev–Trinajstić information content (AvgIpc) is 3.56. The maximum atomic E-state index is 13.1. The zero-order chi connectivity index (χ0) is 22.8. The van der Waals surface area contributed by atoms with Gasteiger partial charge in [0.15, 0.2) is 0 Å². The Morgan fingerprint density at radius 3 is 2.67 bits per heavy atom. The van der Waals surface area contributed by atoms with Gasteiger partial charge in [0.05, 0.1) is 40.8 Å². The van der Waals surface area contributed by atoms with Crippen molar-refractivity contribution in [1.82, 2.24) is 39.7 Å². The van der Waals surface area contributed by atoms with Crippen LogP contribution in [0, 0.1) is 0 Å². The van der Waals surface area contributed by atoms with Crippen molar-refractivity contribution in [3.05, 3.63) is 83.7 Å². The monoisotopic (exact) mass is 441 g/mol. The lowest BCUT2D eigenvalue weighted by Gasteiger charge is -2.24. The number of nitrogens with one attached hydrogen (secondary N) is 2. The van der Waals surface area contributed by atoms with Crippen molar-refractivity contribution in [2.24, 2.45) is 4.99 Å². The van der Waals surface area contributed by atoms with E-state index in [1.165, 1.54) is 17.1 Å². The lowest BCUT2D eigenvalue weighted by molar-refractivity contribution is 0.0881. The Morgan fingerprint density at radius 1 is 1.09 bits per heavy atom. The Kier molecular flexibility index (Phi) is 5.05. The number of hydrogen-bond acceptors (Lipinski definition) is 8. The number of nitrogens with zero attached hydrogens (tertiary/aromatic N) is 7. The van der Waals surface area contributed by atoms with Crippen LogP contribution in [0.15, 0.2) is 71.8 Å². The molecule has 5 heterocycles. The fourth-order valence-electron chi connectivity index (χ4n) is 3.99. The van der Waals surface area contributed by atoms with Crippen LogP contribution in [0.2, 0.25) is 0 Å². The van der Waals surface area contributed by atoms with Gasteiger partial charge in [-0.05, 0) is 13.0 Å². The van der Waals surface area contributed by atoms with Crippen LogP contribution in [0.3, 0.4) is 0 Å². The Labute approximate surface area is 187 Å². The number of hydrogen-bond donors (Lipinski definition) is 2. The van der Waals surface area contributed by atoms with Crippen LogP contribution >= 0.6 is 0 Å². The van der Waals surface area contributed by atoms with Crippen molar-refractivity contribution in [3.63, 3.8) is 0 Å². The second kappa shape index (κ2) is 8.19. The minimum absolute atomic E-state index is 0.0595. The smallest absolute Gasteiger partial charge is 0.273 e. The molecular weight excluding hydrogens is 422 g/mol. The van der Waals surface area contributed by atoms with Crippen LogP contribution in [0.1, 0.15) is 29.5 Å². The molecule has 33 heavy (non-hydrogen) atoms. The maximum Gasteiger partial charge on any atom is 0.273 e. The molecule has 4 aromatic heterocycles. The van der Waals surface area contributed by atoms with E-state index in [-0.39, 0.29) is 24.3 Å². The second-order valence-corrected chi connectivity index (χ2v) is 7.67. The molecule has 1 aliphatic heterocycles. The Balaban J connectivity index is 1.60. The number of aromatic nitrogens is 8. The van der Waals surface area contributed by atoms with Crippen molar-refractivity contribution in [1.29, 1.82) is 0 Å². The first-order valence-corrected chi connectivity index (χ1v) is 10.2. The number of H-pyrrole nitrogens is 2. The zero-order valence-corrected chi connectivity index (χ0v) is 17.6. The van der Waals surface area contributed by atoms with E-state index in [1.54, 1.807) is 43.4 Å². The van der Waals surface area contributed by atoms with Crippen LogP contribution in [-0.4, -0.2) is 56.8 Å². The predicted octanol–water partition coefficient (Wildman–Crippen LogP) is 1.72. The van der Waals surface area contributed by atoms with Crippen molar-refractivity contribution in [3.8, 4) is 11.3 Å². The summed E-state index contributed by atoms with van der Waals surface area (Å²) in [4.78, 5) is 51.6. The SMILES string of the molecule is CC1=NC(CC(=O)n2ccnc2)(Cc2nccnc2-c2c[nH][nH]c2=O)C=C1c1cnccn1. The summed E-state index contributed by atoms with van der Waals surface area (Å²) < 4.78 is 1.43. The highest BCUT2D eigenvalue weighted by Crippen LogP contribution is 2.36. The number of rotatable bonds is 6. The molecule has 4 aromatic rings. The fraction of sp³-hybridized carbons (Fsp3) is 0.182. The number of carbonyl (C=O) groups excluding carboxylic acids is 1. The first-order valence-electron chi connectivity index (χ1n) is 10.2. The van der Waals surface area contributed by atoms with E-state index in [2.05, 4.69) is 35.1 Å². The molecule has 5 rings (SSSR count). The molecule has 0 aromatic carbocycles.